The van der Waals surface area contributed by atoms with Crippen LogP contribution < -0.4 is 10.2 Å². The van der Waals surface area contributed by atoms with Gasteiger partial charge in [0.05, 0.1) is 11.2 Å². The molecule has 1 atom stereocenters. The number of hydrogen-bond acceptors (Lipinski definition) is 3. The maximum atomic E-state index is 13.7. The first-order valence-electron chi connectivity index (χ1n) is 12.2. The first-order valence-corrected chi connectivity index (χ1v) is 12.2. The fourth-order valence-corrected chi connectivity index (χ4v) is 4.50. The lowest BCUT2D eigenvalue weighted by Gasteiger charge is -2.24. The Morgan fingerprint density at radius 3 is 2.32 bits per heavy atom. The Balaban J connectivity index is 1.89. The minimum atomic E-state index is -0.0916. The third-order valence-corrected chi connectivity index (χ3v) is 6.48. The van der Waals surface area contributed by atoms with Gasteiger partial charge in [0, 0.05) is 17.5 Å². The maximum absolute atomic E-state index is 13.7. The molecule has 1 unspecified atom stereocenters. The number of benzene rings is 3. The topological polar surface area (TPSA) is 51.5 Å². The van der Waals surface area contributed by atoms with Gasteiger partial charge in [0.25, 0.3) is 0 Å². The minimum absolute atomic E-state index is 0.0916. The van der Waals surface area contributed by atoms with Crippen LogP contribution in [0.1, 0.15) is 45.1 Å². The molecule has 3 aromatic carbocycles. The quantitative estimate of drug-likeness (QED) is 0.276. The minimum Gasteiger partial charge on any atom is -0.508 e. The number of nitrogens with zero attached hydrogens (tertiary/aromatic N) is 1. The van der Waals surface area contributed by atoms with Gasteiger partial charge in [-0.15, -0.1) is 0 Å². The Morgan fingerprint density at radius 2 is 1.62 bits per heavy atom. The molecule has 0 radical (unpaired) electrons. The molecule has 1 N–H and O–H groups in total. The van der Waals surface area contributed by atoms with Gasteiger partial charge in [0.1, 0.15) is 12.4 Å². The van der Waals surface area contributed by atoms with E-state index < -0.39 is 0 Å². The number of pyridine rings is 1. The summed E-state index contributed by atoms with van der Waals surface area (Å²) in [6.07, 6.45) is 4.61. The van der Waals surface area contributed by atoms with E-state index in [0.29, 0.717) is 17.1 Å². The van der Waals surface area contributed by atoms with Crippen LogP contribution in [0.3, 0.4) is 0 Å². The Kier molecular flexibility index (Phi) is 7.69. The van der Waals surface area contributed by atoms with Gasteiger partial charge < -0.3 is 14.4 Å². The molecule has 0 bridgehead atoms. The lowest BCUT2D eigenvalue weighted by Crippen LogP contribution is -2.20. The van der Waals surface area contributed by atoms with Crippen molar-refractivity contribution in [3.63, 3.8) is 0 Å². The number of phenolic OH excluding ortho intramolecular Hbond substituents is 1. The van der Waals surface area contributed by atoms with Crippen molar-refractivity contribution >= 4 is 10.9 Å². The van der Waals surface area contributed by atoms with Crippen LogP contribution in [-0.2, 0) is 13.2 Å². The molecule has 0 fully saturated rings. The molecule has 4 rings (SSSR count). The summed E-state index contributed by atoms with van der Waals surface area (Å²) in [5.74, 6) is 1.10. The van der Waals surface area contributed by atoms with Gasteiger partial charge >= 0.3 is 0 Å². The molecule has 0 saturated heterocycles. The van der Waals surface area contributed by atoms with Crippen molar-refractivity contribution in [3.05, 3.63) is 94.6 Å². The second-order valence-electron chi connectivity index (χ2n) is 8.87. The van der Waals surface area contributed by atoms with Gasteiger partial charge in [-0.25, -0.2) is 0 Å². The summed E-state index contributed by atoms with van der Waals surface area (Å²) in [5, 5.41) is 10.3. The summed E-state index contributed by atoms with van der Waals surface area (Å²) in [5.41, 5.74) is 3.55. The highest BCUT2D eigenvalue weighted by Crippen LogP contribution is 2.33. The van der Waals surface area contributed by atoms with E-state index >= 15 is 0 Å². The molecule has 0 saturated carbocycles. The average molecular weight is 456 g/mol. The summed E-state index contributed by atoms with van der Waals surface area (Å²) in [6, 6.07) is 24.8. The van der Waals surface area contributed by atoms with E-state index in [1.54, 1.807) is 12.1 Å². The Bertz CT molecular complexity index is 1280. The lowest BCUT2D eigenvalue weighted by atomic mass is 9.97. The first kappa shape index (κ1) is 23.6. The molecule has 1 aromatic heterocycles. The van der Waals surface area contributed by atoms with Gasteiger partial charge in [-0.05, 0) is 42.2 Å². The summed E-state index contributed by atoms with van der Waals surface area (Å²) < 4.78 is 8.57. The maximum Gasteiger partial charge on any atom is 0.231 e. The molecular weight excluding hydrogens is 422 g/mol. The van der Waals surface area contributed by atoms with Gasteiger partial charge in [-0.1, -0.05) is 87.7 Å². The van der Waals surface area contributed by atoms with Crippen molar-refractivity contribution in [2.45, 2.75) is 52.7 Å². The molecule has 0 aliphatic carbocycles. The summed E-state index contributed by atoms with van der Waals surface area (Å²) in [4.78, 5) is 13.7. The van der Waals surface area contributed by atoms with Crippen LogP contribution in [0.15, 0.2) is 83.7 Å². The molecule has 4 heteroatoms. The van der Waals surface area contributed by atoms with Crippen LogP contribution in [0.4, 0.5) is 0 Å². The zero-order chi connectivity index (χ0) is 23.9. The monoisotopic (exact) mass is 455 g/mol. The van der Waals surface area contributed by atoms with Gasteiger partial charge in [0.15, 0.2) is 5.75 Å². The third-order valence-electron chi connectivity index (χ3n) is 6.48. The summed E-state index contributed by atoms with van der Waals surface area (Å²) in [7, 11) is 0. The van der Waals surface area contributed by atoms with Crippen LogP contribution in [0.25, 0.3) is 22.2 Å². The van der Waals surface area contributed by atoms with Crippen LogP contribution in [-0.4, -0.2) is 9.67 Å². The first-order chi connectivity index (χ1) is 16.6. The van der Waals surface area contributed by atoms with Crippen molar-refractivity contribution in [3.8, 4) is 22.8 Å². The number of phenols is 1. The predicted molar refractivity (Wildman–Crippen MR) is 139 cm³/mol. The fourth-order valence-electron chi connectivity index (χ4n) is 4.50. The number of fused-ring (bicyclic) bond motifs is 1. The van der Waals surface area contributed by atoms with E-state index in [1.165, 1.54) is 12.8 Å². The second-order valence-corrected chi connectivity index (χ2v) is 8.87. The number of rotatable bonds is 10. The summed E-state index contributed by atoms with van der Waals surface area (Å²) >= 11 is 0. The average Bonchev–Trinajstić information content (AvgIpc) is 2.88. The van der Waals surface area contributed by atoms with Crippen LogP contribution in [0, 0.1) is 5.92 Å². The molecule has 176 valence electrons. The van der Waals surface area contributed by atoms with Crippen molar-refractivity contribution in [2.75, 3.05) is 0 Å². The number of para-hydroxylation sites is 1. The molecule has 0 spiro atoms. The largest absolute Gasteiger partial charge is 0.508 e. The highest BCUT2D eigenvalue weighted by Gasteiger charge is 2.21. The number of aromatic hydroxyl groups is 1. The van der Waals surface area contributed by atoms with Crippen molar-refractivity contribution in [1.82, 2.24) is 4.57 Å². The number of hydrogen-bond donors (Lipinski definition) is 1. The number of unbranched alkanes of at least 4 members (excludes halogenated alkanes) is 1. The van der Waals surface area contributed by atoms with Crippen molar-refractivity contribution < 1.29 is 9.84 Å². The van der Waals surface area contributed by atoms with Gasteiger partial charge in [-0.3, -0.25) is 4.79 Å². The van der Waals surface area contributed by atoms with E-state index in [0.717, 1.165) is 41.7 Å². The summed E-state index contributed by atoms with van der Waals surface area (Å²) in [6.45, 7) is 5.56. The Labute approximate surface area is 201 Å². The van der Waals surface area contributed by atoms with E-state index in [1.807, 2.05) is 66.7 Å². The fraction of sp³-hybridized carbons (Fsp3) is 0.300. The Morgan fingerprint density at radius 1 is 0.912 bits per heavy atom. The van der Waals surface area contributed by atoms with Crippen molar-refractivity contribution in [1.29, 1.82) is 0 Å². The highest BCUT2D eigenvalue weighted by molar-refractivity contribution is 5.86. The third kappa shape index (κ3) is 5.17. The molecule has 4 aromatic rings. The lowest BCUT2D eigenvalue weighted by molar-refractivity contribution is 0.301. The van der Waals surface area contributed by atoms with E-state index in [4.69, 9.17) is 4.74 Å². The number of ether oxygens (including phenoxy) is 1. The zero-order valence-electron chi connectivity index (χ0n) is 20.0. The smallest absolute Gasteiger partial charge is 0.231 e. The van der Waals surface area contributed by atoms with Crippen LogP contribution >= 0.6 is 0 Å². The molecule has 0 amide bonds. The second kappa shape index (κ2) is 11.1. The standard InChI is InChI=1S/C30H33NO3/c1-3-5-11-22(4-2)20-31-27-15-10-9-14-26(27)29(33)30(28(31)24-12-7-6-8-13-24)34-21-23-16-18-25(32)19-17-23/h6-10,12-19,22,32H,3-5,11,20-21H2,1-2H3. The van der Waals surface area contributed by atoms with Crippen LogP contribution in [0.2, 0.25) is 0 Å². The molecule has 1 heterocycles. The zero-order valence-corrected chi connectivity index (χ0v) is 20.0. The Hall–Kier alpha value is -3.53. The van der Waals surface area contributed by atoms with Gasteiger partial charge in [0.2, 0.25) is 5.43 Å². The molecule has 34 heavy (non-hydrogen) atoms. The number of aromatic nitrogens is 1. The van der Waals surface area contributed by atoms with Crippen LogP contribution in [0.5, 0.6) is 11.5 Å². The molecule has 4 nitrogen and oxygen atoms in total. The normalized spacial score (nSPS) is 12.1. The SMILES string of the molecule is CCCCC(CC)Cn1c(-c2ccccc2)c(OCc2ccc(O)cc2)c(=O)c2ccccc21. The predicted octanol–water partition coefficient (Wildman–Crippen LogP) is 7.17. The van der Waals surface area contributed by atoms with E-state index in [2.05, 4.69) is 18.4 Å². The molecule has 0 aliphatic rings. The van der Waals surface area contributed by atoms with E-state index in [-0.39, 0.29) is 17.8 Å². The molecular formula is C30H33NO3. The molecule has 0 aliphatic heterocycles. The van der Waals surface area contributed by atoms with Crippen molar-refractivity contribution in [2.24, 2.45) is 5.92 Å². The van der Waals surface area contributed by atoms with Gasteiger partial charge in [-0.2, -0.15) is 0 Å². The van der Waals surface area contributed by atoms with E-state index in [9.17, 15) is 9.90 Å². The highest BCUT2D eigenvalue weighted by atomic mass is 16.5.